The monoisotopic (exact) mass is 247 g/mol. The van der Waals surface area contributed by atoms with Crippen LogP contribution in [0.15, 0.2) is 24.3 Å². The van der Waals surface area contributed by atoms with Crippen molar-refractivity contribution >= 4 is 17.3 Å². The highest BCUT2D eigenvalue weighted by Crippen LogP contribution is 2.13. The molecule has 0 saturated carbocycles. The minimum atomic E-state index is 0.0440. The molecule has 3 N–H and O–H groups in total. The second kappa shape index (κ2) is 6.40. The maximum atomic E-state index is 11.9. The molecule has 0 unspecified atom stereocenters. The second-order valence-electron chi connectivity index (χ2n) is 4.86. The average Bonchev–Trinajstić information content (AvgIpc) is 2.57. The number of nitrogens with one attached hydrogen (secondary N) is 1. The van der Waals surface area contributed by atoms with E-state index in [0.29, 0.717) is 12.2 Å². The summed E-state index contributed by atoms with van der Waals surface area (Å²) >= 11 is 0. The Balaban J connectivity index is 1.84. The van der Waals surface area contributed by atoms with Gasteiger partial charge in [-0.25, -0.2) is 0 Å². The molecule has 4 heteroatoms. The predicted molar refractivity (Wildman–Crippen MR) is 74.4 cm³/mol. The molecule has 1 saturated heterocycles. The zero-order valence-corrected chi connectivity index (χ0v) is 10.7. The van der Waals surface area contributed by atoms with Crippen molar-refractivity contribution in [1.82, 2.24) is 4.90 Å². The van der Waals surface area contributed by atoms with E-state index in [4.69, 9.17) is 5.73 Å². The smallest absolute Gasteiger partial charge is 0.238 e. The number of anilines is 2. The van der Waals surface area contributed by atoms with Gasteiger partial charge in [0.15, 0.2) is 0 Å². The molecular formula is C14H21N3O. The van der Waals surface area contributed by atoms with Gasteiger partial charge in [0, 0.05) is 11.4 Å². The number of benzene rings is 1. The predicted octanol–water partition coefficient (Wildman–Crippen LogP) is 2.08. The highest BCUT2D eigenvalue weighted by atomic mass is 16.2. The van der Waals surface area contributed by atoms with Crippen LogP contribution in [0.25, 0.3) is 0 Å². The summed E-state index contributed by atoms with van der Waals surface area (Å²) in [6.07, 6.45) is 4.97. The number of nitrogen functional groups attached to an aromatic ring is 1. The molecule has 0 bridgehead atoms. The number of carbonyl (C=O) groups is 1. The fraction of sp³-hybridized carbons (Fsp3) is 0.500. The molecular weight excluding hydrogens is 226 g/mol. The molecule has 1 aliphatic heterocycles. The lowest BCUT2D eigenvalue weighted by Crippen LogP contribution is -2.33. The summed E-state index contributed by atoms with van der Waals surface area (Å²) in [5, 5.41) is 2.89. The summed E-state index contributed by atoms with van der Waals surface area (Å²) in [6.45, 7) is 2.55. The molecule has 0 aromatic heterocycles. The Hall–Kier alpha value is -1.55. The highest BCUT2D eigenvalue weighted by molar-refractivity contribution is 5.92. The number of likely N-dealkylation sites (tertiary alicyclic amines) is 1. The van der Waals surface area contributed by atoms with Crippen molar-refractivity contribution in [2.75, 3.05) is 30.7 Å². The third-order valence-corrected chi connectivity index (χ3v) is 3.24. The van der Waals surface area contributed by atoms with Crippen LogP contribution in [-0.4, -0.2) is 30.4 Å². The van der Waals surface area contributed by atoms with Crippen LogP contribution in [0, 0.1) is 0 Å². The summed E-state index contributed by atoms with van der Waals surface area (Å²) in [7, 11) is 0. The van der Waals surface area contributed by atoms with Gasteiger partial charge >= 0.3 is 0 Å². The summed E-state index contributed by atoms with van der Waals surface area (Å²) in [4.78, 5) is 14.1. The van der Waals surface area contributed by atoms with E-state index in [0.717, 1.165) is 18.8 Å². The van der Waals surface area contributed by atoms with Gasteiger partial charge in [0.25, 0.3) is 0 Å². The number of rotatable bonds is 3. The molecule has 98 valence electrons. The van der Waals surface area contributed by atoms with Gasteiger partial charge in [-0.15, -0.1) is 0 Å². The largest absolute Gasteiger partial charge is 0.399 e. The van der Waals surface area contributed by atoms with Crippen molar-refractivity contribution in [3.8, 4) is 0 Å². The molecule has 1 amide bonds. The number of amides is 1. The minimum Gasteiger partial charge on any atom is -0.399 e. The van der Waals surface area contributed by atoms with Gasteiger partial charge < -0.3 is 11.1 Å². The third-order valence-electron chi connectivity index (χ3n) is 3.24. The van der Waals surface area contributed by atoms with Crippen molar-refractivity contribution in [2.45, 2.75) is 25.7 Å². The fourth-order valence-corrected chi connectivity index (χ4v) is 2.31. The number of carbonyl (C=O) groups excluding carboxylic acids is 1. The van der Waals surface area contributed by atoms with Crippen molar-refractivity contribution in [3.05, 3.63) is 24.3 Å². The van der Waals surface area contributed by atoms with Crippen molar-refractivity contribution in [2.24, 2.45) is 0 Å². The first-order valence-corrected chi connectivity index (χ1v) is 6.62. The molecule has 2 rings (SSSR count). The Morgan fingerprint density at radius 2 is 1.94 bits per heavy atom. The van der Waals surface area contributed by atoms with Crippen LogP contribution in [-0.2, 0) is 4.79 Å². The van der Waals surface area contributed by atoms with E-state index in [1.165, 1.54) is 25.7 Å². The molecule has 1 fully saturated rings. The highest BCUT2D eigenvalue weighted by Gasteiger charge is 2.12. The maximum absolute atomic E-state index is 11.9. The first kappa shape index (κ1) is 12.9. The topological polar surface area (TPSA) is 58.4 Å². The Morgan fingerprint density at radius 1 is 1.22 bits per heavy atom. The quantitative estimate of drug-likeness (QED) is 0.804. The van der Waals surface area contributed by atoms with E-state index in [2.05, 4.69) is 10.2 Å². The van der Waals surface area contributed by atoms with E-state index < -0.39 is 0 Å². The van der Waals surface area contributed by atoms with Crippen LogP contribution in [0.2, 0.25) is 0 Å². The molecule has 18 heavy (non-hydrogen) atoms. The van der Waals surface area contributed by atoms with E-state index in [9.17, 15) is 4.79 Å². The first-order valence-electron chi connectivity index (χ1n) is 6.62. The summed E-state index contributed by atoms with van der Waals surface area (Å²) in [5.74, 6) is 0.0440. The lowest BCUT2D eigenvalue weighted by Gasteiger charge is -2.19. The van der Waals surface area contributed by atoms with Gasteiger partial charge in [0.1, 0.15) is 0 Å². The molecule has 0 spiro atoms. The van der Waals surface area contributed by atoms with Gasteiger partial charge in [-0.2, -0.15) is 0 Å². The molecule has 1 aliphatic rings. The Morgan fingerprint density at radius 3 is 2.61 bits per heavy atom. The zero-order chi connectivity index (χ0) is 12.8. The number of hydrogen-bond acceptors (Lipinski definition) is 3. The van der Waals surface area contributed by atoms with Gasteiger partial charge in [-0.3, -0.25) is 9.69 Å². The number of hydrogen-bond donors (Lipinski definition) is 2. The summed E-state index contributed by atoms with van der Waals surface area (Å²) in [6, 6.07) is 7.29. The Kier molecular flexibility index (Phi) is 4.59. The van der Waals surface area contributed by atoms with Crippen molar-refractivity contribution in [3.63, 3.8) is 0 Å². The van der Waals surface area contributed by atoms with Gasteiger partial charge in [-0.1, -0.05) is 18.9 Å². The number of nitrogens with two attached hydrogens (primary N) is 1. The standard InChI is InChI=1S/C14H21N3O/c15-12-6-5-7-13(10-12)16-14(18)11-17-8-3-1-2-4-9-17/h5-7,10H,1-4,8-9,11,15H2,(H,16,18). The van der Waals surface area contributed by atoms with E-state index >= 15 is 0 Å². The van der Waals surface area contributed by atoms with Crippen molar-refractivity contribution < 1.29 is 4.79 Å². The van der Waals surface area contributed by atoms with Crippen LogP contribution in [0.5, 0.6) is 0 Å². The Labute approximate surface area is 108 Å². The van der Waals surface area contributed by atoms with E-state index in [1.54, 1.807) is 6.07 Å². The van der Waals surface area contributed by atoms with Crippen molar-refractivity contribution in [1.29, 1.82) is 0 Å². The Bertz CT molecular complexity index is 398. The SMILES string of the molecule is Nc1cccc(NC(=O)CN2CCCCCC2)c1. The molecule has 0 radical (unpaired) electrons. The zero-order valence-electron chi connectivity index (χ0n) is 10.7. The van der Waals surface area contributed by atoms with Crippen LogP contribution >= 0.6 is 0 Å². The molecule has 1 aromatic rings. The van der Waals surface area contributed by atoms with Crippen LogP contribution < -0.4 is 11.1 Å². The first-order chi connectivity index (χ1) is 8.74. The van der Waals surface area contributed by atoms with Crippen LogP contribution in [0.1, 0.15) is 25.7 Å². The molecule has 0 atom stereocenters. The number of nitrogens with zero attached hydrogens (tertiary/aromatic N) is 1. The summed E-state index contributed by atoms with van der Waals surface area (Å²) in [5.41, 5.74) is 7.12. The van der Waals surface area contributed by atoms with Gasteiger partial charge in [0.2, 0.25) is 5.91 Å². The lowest BCUT2D eigenvalue weighted by molar-refractivity contribution is -0.117. The van der Waals surface area contributed by atoms with Crippen LogP contribution in [0.3, 0.4) is 0 Å². The molecule has 1 heterocycles. The lowest BCUT2D eigenvalue weighted by atomic mass is 10.2. The summed E-state index contributed by atoms with van der Waals surface area (Å²) < 4.78 is 0. The minimum absolute atomic E-state index is 0.0440. The normalized spacial score (nSPS) is 17.1. The fourth-order valence-electron chi connectivity index (χ4n) is 2.31. The maximum Gasteiger partial charge on any atom is 0.238 e. The van der Waals surface area contributed by atoms with E-state index in [1.807, 2.05) is 18.2 Å². The van der Waals surface area contributed by atoms with Gasteiger partial charge in [-0.05, 0) is 44.1 Å². The van der Waals surface area contributed by atoms with Crippen LogP contribution in [0.4, 0.5) is 11.4 Å². The molecule has 1 aromatic carbocycles. The molecule has 0 aliphatic carbocycles. The van der Waals surface area contributed by atoms with Gasteiger partial charge in [0.05, 0.1) is 6.54 Å². The third kappa shape index (κ3) is 4.04. The van der Waals surface area contributed by atoms with E-state index in [-0.39, 0.29) is 5.91 Å². The average molecular weight is 247 g/mol. The molecule has 4 nitrogen and oxygen atoms in total. The second-order valence-corrected chi connectivity index (χ2v) is 4.86.